The molecule has 1 heterocycles. The summed E-state index contributed by atoms with van der Waals surface area (Å²) in [5.74, 6) is 0.0343. The monoisotopic (exact) mass is 461 g/mol. The zero-order valence-electron chi connectivity index (χ0n) is 18.5. The number of hydrogen-bond acceptors (Lipinski definition) is 8. The first-order chi connectivity index (χ1) is 16.3. The van der Waals surface area contributed by atoms with E-state index in [1.54, 1.807) is 31.2 Å². The second-order valence-corrected chi connectivity index (χ2v) is 7.33. The molecule has 9 heteroatoms. The third-order valence-electron chi connectivity index (χ3n) is 5.19. The number of allylic oxidation sites excluding steroid dienone is 1. The van der Waals surface area contributed by atoms with Gasteiger partial charge in [-0.25, -0.2) is 4.79 Å². The number of nitro groups is 1. The van der Waals surface area contributed by atoms with Crippen molar-refractivity contribution in [2.45, 2.75) is 6.92 Å². The van der Waals surface area contributed by atoms with Gasteiger partial charge in [-0.05, 0) is 54.5 Å². The Morgan fingerprint density at radius 1 is 1.03 bits per heavy atom. The summed E-state index contributed by atoms with van der Waals surface area (Å²) in [4.78, 5) is 36.1. The van der Waals surface area contributed by atoms with Gasteiger partial charge in [0.2, 0.25) is 5.78 Å². The Balaban J connectivity index is 1.61. The van der Waals surface area contributed by atoms with E-state index < -0.39 is 10.9 Å². The maximum atomic E-state index is 12.9. The van der Waals surface area contributed by atoms with Gasteiger partial charge < -0.3 is 18.9 Å². The fraction of sp³-hybridized carbons (Fsp3) is 0.120. The highest BCUT2D eigenvalue weighted by Crippen LogP contribution is 2.38. The number of ketones is 1. The second-order valence-electron chi connectivity index (χ2n) is 7.33. The quantitative estimate of drug-likeness (QED) is 0.170. The molecule has 0 aromatic heterocycles. The van der Waals surface area contributed by atoms with Crippen LogP contribution in [0.2, 0.25) is 0 Å². The minimum absolute atomic E-state index is 0.0572. The van der Waals surface area contributed by atoms with Crippen molar-refractivity contribution in [2.24, 2.45) is 0 Å². The van der Waals surface area contributed by atoms with E-state index >= 15 is 0 Å². The molecule has 3 aromatic carbocycles. The molecule has 0 spiro atoms. The summed E-state index contributed by atoms with van der Waals surface area (Å²) in [5, 5.41) is 10.8. The molecule has 0 unspecified atom stereocenters. The van der Waals surface area contributed by atoms with Crippen molar-refractivity contribution in [3.63, 3.8) is 0 Å². The standard InChI is InChI=1S/C25H19NO8/c1-14-11-17(33-25(28)23-18(31-2)5-4-6-19(23)32-3)13-20-22(14)24(27)21(34-20)12-15-7-9-16(10-8-15)26(29)30/h4-13H,1-3H3/b21-12-. The fourth-order valence-electron chi connectivity index (χ4n) is 3.59. The number of methoxy groups -OCH3 is 2. The number of Topliss-reactive ketones (excluding diaryl/α,β-unsaturated/α-hetero) is 1. The number of carbonyl (C=O) groups excluding carboxylic acids is 2. The lowest BCUT2D eigenvalue weighted by Gasteiger charge is -2.13. The number of carbonyl (C=O) groups is 2. The summed E-state index contributed by atoms with van der Waals surface area (Å²) in [5.41, 5.74) is 1.54. The van der Waals surface area contributed by atoms with Crippen molar-refractivity contribution in [3.05, 3.63) is 92.7 Å². The smallest absolute Gasteiger partial charge is 0.351 e. The predicted octanol–water partition coefficient (Wildman–Crippen LogP) is 4.76. The van der Waals surface area contributed by atoms with Crippen molar-refractivity contribution in [3.8, 4) is 23.0 Å². The van der Waals surface area contributed by atoms with E-state index in [0.29, 0.717) is 28.2 Å². The van der Waals surface area contributed by atoms with Crippen LogP contribution in [0.1, 0.15) is 31.8 Å². The fourth-order valence-corrected chi connectivity index (χ4v) is 3.59. The minimum Gasteiger partial charge on any atom is -0.496 e. The lowest BCUT2D eigenvalue weighted by molar-refractivity contribution is -0.384. The number of hydrogen-bond donors (Lipinski definition) is 0. The van der Waals surface area contributed by atoms with Gasteiger partial charge in [0.15, 0.2) is 5.76 Å². The molecule has 1 aliphatic heterocycles. The number of benzene rings is 3. The highest BCUT2D eigenvalue weighted by atomic mass is 16.6. The van der Waals surface area contributed by atoms with Crippen LogP contribution in [0.5, 0.6) is 23.0 Å². The van der Waals surface area contributed by atoms with E-state index in [4.69, 9.17) is 18.9 Å². The molecule has 0 bridgehead atoms. The molecular formula is C25H19NO8. The van der Waals surface area contributed by atoms with Crippen LogP contribution in [0, 0.1) is 17.0 Å². The number of nitro benzene ring substituents is 1. The number of nitrogens with zero attached hydrogens (tertiary/aromatic N) is 1. The number of ether oxygens (including phenoxy) is 4. The van der Waals surface area contributed by atoms with Crippen LogP contribution < -0.4 is 18.9 Å². The van der Waals surface area contributed by atoms with Crippen molar-refractivity contribution >= 4 is 23.5 Å². The Morgan fingerprint density at radius 3 is 2.26 bits per heavy atom. The van der Waals surface area contributed by atoms with Gasteiger partial charge in [0.25, 0.3) is 5.69 Å². The lowest BCUT2D eigenvalue weighted by Crippen LogP contribution is -2.12. The molecule has 0 fully saturated rings. The molecule has 9 nitrogen and oxygen atoms in total. The maximum absolute atomic E-state index is 12.9. The Hall–Kier alpha value is -4.66. The topological polar surface area (TPSA) is 114 Å². The Morgan fingerprint density at radius 2 is 1.68 bits per heavy atom. The Kier molecular flexibility index (Phi) is 6.01. The van der Waals surface area contributed by atoms with Crippen LogP contribution in [0.25, 0.3) is 6.08 Å². The molecular weight excluding hydrogens is 442 g/mol. The summed E-state index contributed by atoms with van der Waals surface area (Å²) in [6.45, 7) is 1.70. The van der Waals surface area contributed by atoms with E-state index in [-0.39, 0.29) is 34.3 Å². The number of aryl methyl sites for hydroxylation is 1. The first kappa shape index (κ1) is 22.5. The van der Waals surface area contributed by atoms with E-state index in [0.717, 1.165) is 0 Å². The van der Waals surface area contributed by atoms with Crippen LogP contribution >= 0.6 is 0 Å². The largest absolute Gasteiger partial charge is 0.496 e. The third kappa shape index (κ3) is 4.18. The summed E-state index contributed by atoms with van der Waals surface area (Å²) in [7, 11) is 2.87. The Labute approximate surface area is 194 Å². The van der Waals surface area contributed by atoms with Crippen LogP contribution in [0.3, 0.4) is 0 Å². The number of non-ortho nitro benzene ring substituents is 1. The van der Waals surface area contributed by atoms with E-state index in [9.17, 15) is 19.7 Å². The predicted molar refractivity (Wildman–Crippen MR) is 122 cm³/mol. The molecule has 0 N–H and O–H groups in total. The summed E-state index contributed by atoms with van der Waals surface area (Å²) in [6.07, 6.45) is 1.50. The summed E-state index contributed by atoms with van der Waals surface area (Å²) >= 11 is 0. The van der Waals surface area contributed by atoms with Gasteiger partial charge in [-0.3, -0.25) is 14.9 Å². The Bertz CT molecular complexity index is 1320. The minimum atomic E-state index is -0.695. The molecule has 0 saturated carbocycles. The molecule has 3 aromatic rings. The third-order valence-corrected chi connectivity index (χ3v) is 5.19. The molecule has 0 radical (unpaired) electrons. The highest BCUT2D eigenvalue weighted by Gasteiger charge is 2.31. The van der Waals surface area contributed by atoms with Crippen molar-refractivity contribution < 1.29 is 33.5 Å². The average Bonchev–Trinajstić information content (AvgIpc) is 3.13. The van der Waals surface area contributed by atoms with Crippen molar-refractivity contribution in [1.82, 2.24) is 0 Å². The highest BCUT2D eigenvalue weighted by molar-refractivity contribution is 6.15. The van der Waals surface area contributed by atoms with Gasteiger partial charge in [0.05, 0.1) is 24.7 Å². The van der Waals surface area contributed by atoms with E-state index in [1.165, 1.54) is 50.6 Å². The van der Waals surface area contributed by atoms with Crippen LogP contribution in [-0.2, 0) is 0 Å². The summed E-state index contributed by atoms with van der Waals surface area (Å²) in [6, 6.07) is 13.7. The molecule has 4 rings (SSSR count). The van der Waals surface area contributed by atoms with Crippen LogP contribution in [0.15, 0.2) is 60.4 Å². The van der Waals surface area contributed by atoms with Gasteiger partial charge in [-0.15, -0.1) is 0 Å². The molecule has 34 heavy (non-hydrogen) atoms. The SMILES string of the molecule is COc1cccc(OC)c1C(=O)Oc1cc(C)c2c(c1)O/C(=C\c1ccc([N+](=O)[O-])cc1)C2=O. The zero-order chi connectivity index (χ0) is 24.4. The average molecular weight is 461 g/mol. The number of esters is 1. The molecule has 0 atom stereocenters. The number of fused-ring (bicyclic) bond motifs is 1. The second kappa shape index (κ2) is 9.07. The van der Waals surface area contributed by atoms with Crippen LogP contribution in [-0.4, -0.2) is 30.9 Å². The van der Waals surface area contributed by atoms with Gasteiger partial charge >= 0.3 is 5.97 Å². The van der Waals surface area contributed by atoms with Gasteiger partial charge in [0.1, 0.15) is 28.6 Å². The van der Waals surface area contributed by atoms with Crippen LogP contribution in [0.4, 0.5) is 5.69 Å². The molecule has 1 aliphatic rings. The molecule has 0 aliphatic carbocycles. The number of rotatable bonds is 6. The summed E-state index contributed by atoms with van der Waals surface area (Å²) < 4.78 is 21.8. The van der Waals surface area contributed by atoms with E-state index in [1.807, 2.05) is 0 Å². The van der Waals surface area contributed by atoms with Gasteiger partial charge in [0, 0.05) is 18.2 Å². The molecule has 0 saturated heterocycles. The van der Waals surface area contributed by atoms with Gasteiger partial charge in [-0.1, -0.05) is 6.07 Å². The zero-order valence-corrected chi connectivity index (χ0v) is 18.5. The van der Waals surface area contributed by atoms with E-state index in [2.05, 4.69) is 0 Å². The first-order valence-corrected chi connectivity index (χ1v) is 10.1. The molecule has 0 amide bonds. The van der Waals surface area contributed by atoms with Crippen molar-refractivity contribution in [2.75, 3.05) is 14.2 Å². The normalized spacial score (nSPS) is 13.3. The molecule has 172 valence electrons. The van der Waals surface area contributed by atoms with Crippen molar-refractivity contribution in [1.29, 1.82) is 0 Å². The maximum Gasteiger partial charge on any atom is 0.351 e. The van der Waals surface area contributed by atoms with Gasteiger partial charge in [-0.2, -0.15) is 0 Å². The lowest BCUT2D eigenvalue weighted by atomic mass is 10.0. The first-order valence-electron chi connectivity index (χ1n) is 10.1.